The van der Waals surface area contributed by atoms with Gasteiger partial charge < -0.3 is 15.4 Å². The second-order valence-corrected chi connectivity index (χ2v) is 5.12. The highest BCUT2D eigenvalue weighted by Crippen LogP contribution is 2.28. The SMILES string of the molecule is CC(Cn1cccn1)NC(=O)C1CNc2ccccc2O1. The Labute approximate surface area is 123 Å². The number of fused-ring (bicyclic) bond motifs is 1. The van der Waals surface area contributed by atoms with Crippen molar-refractivity contribution >= 4 is 11.6 Å². The molecule has 3 rings (SSSR count). The third-order valence-corrected chi connectivity index (χ3v) is 3.34. The van der Waals surface area contributed by atoms with Crippen LogP contribution >= 0.6 is 0 Å². The summed E-state index contributed by atoms with van der Waals surface area (Å²) in [4.78, 5) is 12.2. The molecule has 1 amide bonds. The molecule has 2 atom stereocenters. The smallest absolute Gasteiger partial charge is 0.263 e. The molecular weight excluding hydrogens is 268 g/mol. The maximum atomic E-state index is 12.2. The van der Waals surface area contributed by atoms with Gasteiger partial charge in [-0.2, -0.15) is 5.10 Å². The van der Waals surface area contributed by atoms with Crippen LogP contribution in [0.2, 0.25) is 0 Å². The summed E-state index contributed by atoms with van der Waals surface area (Å²) in [7, 11) is 0. The number of hydrogen-bond acceptors (Lipinski definition) is 4. The zero-order chi connectivity index (χ0) is 14.7. The second-order valence-electron chi connectivity index (χ2n) is 5.12. The lowest BCUT2D eigenvalue weighted by Crippen LogP contribution is -2.48. The third kappa shape index (κ3) is 3.16. The molecule has 6 heteroatoms. The number of aromatic nitrogens is 2. The highest BCUT2D eigenvalue weighted by atomic mass is 16.5. The molecule has 6 nitrogen and oxygen atoms in total. The van der Waals surface area contributed by atoms with Crippen LogP contribution < -0.4 is 15.4 Å². The minimum atomic E-state index is -0.514. The van der Waals surface area contributed by atoms with Gasteiger partial charge in [-0.25, -0.2) is 0 Å². The lowest BCUT2D eigenvalue weighted by Gasteiger charge is -2.27. The van der Waals surface area contributed by atoms with E-state index in [1.807, 2.05) is 43.5 Å². The number of amides is 1. The molecule has 110 valence electrons. The first kappa shape index (κ1) is 13.5. The molecule has 0 saturated heterocycles. The van der Waals surface area contributed by atoms with Crippen molar-refractivity contribution in [1.29, 1.82) is 0 Å². The minimum absolute atomic E-state index is 0.0156. The van der Waals surface area contributed by atoms with E-state index in [9.17, 15) is 4.79 Å². The Balaban J connectivity index is 1.56. The molecule has 0 fully saturated rings. The van der Waals surface area contributed by atoms with Crippen molar-refractivity contribution < 1.29 is 9.53 Å². The Morgan fingerprint density at radius 1 is 1.52 bits per heavy atom. The largest absolute Gasteiger partial charge is 0.477 e. The second kappa shape index (κ2) is 5.87. The third-order valence-electron chi connectivity index (χ3n) is 3.34. The van der Waals surface area contributed by atoms with E-state index in [1.54, 1.807) is 10.9 Å². The Bertz CT molecular complexity index is 612. The van der Waals surface area contributed by atoms with Crippen molar-refractivity contribution in [3.63, 3.8) is 0 Å². The number of anilines is 1. The maximum absolute atomic E-state index is 12.2. The quantitative estimate of drug-likeness (QED) is 0.888. The Kier molecular flexibility index (Phi) is 3.77. The van der Waals surface area contributed by atoms with Crippen molar-refractivity contribution in [3.8, 4) is 5.75 Å². The Morgan fingerprint density at radius 2 is 2.38 bits per heavy atom. The maximum Gasteiger partial charge on any atom is 0.263 e. The molecule has 21 heavy (non-hydrogen) atoms. The van der Waals surface area contributed by atoms with E-state index in [0.717, 1.165) is 5.69 Å². The molecule has 2 unspecified atom stereocenters. The van der Waals surface area contributed by atoms with Crippen LogP contribution in [0.25, 0.3) is 0 Å². The van der Waals surface area contributed by atoms with Gasteiger partial charge in [0.1, 0.15) is 5.75 Å². The summed E-state index contributed by atoms with van der Waals surface area (Å²) in [6.45, 7) is 3.05. The summed E-state index contributed by atoms with van der Waals surface area (Å²) < 4.78 is 7.52. The van der Waals surface area contributed by atoms with Gasteiger partial charge in [-0.05, 0) is 25.1 Å². The Hall–Kier alpha value is -2.50. The molecule has 2 aromatic rings. The standard InChI is InChI=1S/C15H18N4O2/c1-11(10-19-8-4-7-17-19)18-15(20)14-9-16-12-5-2-3-6-13(12)21-14/h2-8,11,14,16H,9-10H2,1H3,(H,18,20). The molecule has 0 aliphatic carbocycles. The summed E-state index contributed by atoms with van der Waals surface area (Å²) in [5.74, 6) is 0.597. The average Bonchev–Trinajstić information content (AvgIpc) is 2.99. The summed E-state index contributed by atoms with van der Waals surface area (Å²) in [5.41, 5.74) is 0.922. The number of para-hydroxylation sites is 2. The first-order valence-corrected chi connectivity index (χ1v) is 7.00. The van der Waals surface area contributed by atoms with Crippen LogP contribution in [0.3, 0.4) is 0 Å². The van der Waals surface area contributed by atoms with Crippen molar-refractivity contribution in [1.82, 2.24) is 15.1 Å². The van der Waals surface area contributed by atoms with E-state index >= 15 is 0 Å². The van der Waals surface area contributed by atoms with Crippen molar-refractivity contribution in [3.05, 3.63) is 42.7 Å². The number of hydrogen-bond donors (Lipinski definition) is 2. The highest BCUT2D eigenvalue weighted by molar-refractivity contribution is 5.83. The molecule has 2 N–H and O–H groups in total. The molecule has 0 spiro atoms. The normalized spacial score (nSPS) is 18.0. The van der Waals surface area contributed by atoms with E-state index < -0.39 is 6.10 Å². The first-order chi connectivity index (χ1) is 10.2. The molecule has 1 aromatic carbocycles. The van der Waals surface area contributed by atoms with Crippen LogP contribution in [0.1, 0.15) is 6.92 Å². The van der Waals surface area contributed by atoms with Gasteiger partial charge in [-0.15, -0.1) is 0 Å². The van der Waals surface area contributed by atoms with Crippen LogP contribution in [0.15, 0.2) is 42.7 Å². The van der Waals surface area contributed by atoms with E-state index in [2.05, 4.69) is 15.7 Å². The number of rotatable bonds is 4. The average molecular weight is 286 g/mol. The van der Waals surface area contributed by atoms with Gasteiger partial charge in [0.2, 0.25) is 0 Å². The van der Waals surface area contributed by atoms with Crippen LogP contribution in [-0.2, 0) is 11.3 Å². The van der Waals surface area contributed by atoms with Crippen molar-refractivity contribution in [2.24, 2.45) is 0 Å². The first-order valence-electron chi connectivity index (χ1n) is 7.00. The van der Waals surface area contributed by atoms with E-state index in [-0.39, 0.29) is 11.9 Å². The molecule has 1 aliphatic heterocycles. The van der Waals surface area contributed by atoms with Gasteiger partial charge in [0.25, 0.3) is 5.91 Å². The monoisotopic (exact) mass is 286 g/mol. The topological polar surface area (TPSA) is 68.2 Å². The number of nitrogens with zero attached hydrogens (tertiary/aromatic N) is 2. The Morgan fingerprint density at radius 3 is 3.19 bits per heavy atom. The zero-order valence-corrected chi connectivity index (χ0v) is 11.8. The van der Waals surface area contributed by atoms with E-state index in [0.29, 0.717) is 18.8 Å². The van der Waals surface area contributed by atoms with E-state index in [4.69, 9.17) is 4.74 Å². The van der Waals surface area contributed by atoms with Gasteiger partial charge in [0, 0.05) is 18.4 Å². The van der Waals surface area contributed by atoms with Gasteiger partial charge >= 0.3 is 0 Å². The molecule has 0 bridgehead atoms. The van der Waals surface area contributed by atoms with Crippen LogP contribution in [0.4, 0.5) is 5.69 Å². The fourth-order valence-corrected chi connectivity index (χ4v) is 2.33. The summed E-state index contributed by atoms with van der Waals surface area (Å²) >= 11 is 0. The highest BCUT2D eigenvalue weighted by Gasteiger charge is 2.26. The minimum Gasteiger partial charge on any atom is -0.477 e. The summed E-state index contributed by atoms with van der Waals surface area (Å²) in [6.07, 6.45) is 3.08. The molecule has 1 aromatic heterocycles. The summed E-state index contributed by atoms with van der Waals surface area (Å²) in [6, 6.07) is 9.46. The number of ether oxygens (including phenoxy) is 1. The van der Waals surface area contributed by atoms with Gasteiger partial charge in [0.05, 0.1) is 18.8 Å². The number of carbonyl (C=O) groups is 1. The van der Waals surface area contributed by atoms with Crippen LogP contribution in [-0.4, -0.2) is 34.4 Å². The lowest BCUT2D eigenvalue weighted by atomic mass is 10.2. The van der Waals surface area contributed by atoms with Gasteiger partial charge in [-0.1, -0.05) is 12.1 Å². The fourth-order valence-electron chi connectivity index (χ4n) is 2.33. The number of nitrogens with one attached hydrogen (secondary N) is 2. The predicted molar refractivity (Wildman–Crippen MR) is 79.2 cm³/mol. The molecule has 2 heterocycles. The number of benzene rings is 1. The van der Waals surface area contributed by atoms with Crippen LogP contribution in [0.5, 0.6) is 5.75 Å². The van der Waals surface area contributed by atoms with Gasteiger partial charge in [-0.3, -0.25) is 9.48 Å². The van der Waals surface area contributed by atoms with Crippen molar-refractivity contribution in [2.75, 3.05) is 11.9 Å². The zero-order valence-electron chi connectivity index (χ0n) is 11.8. The molecule has 0 saturated carbocycles. The van der Waals surface area contributed by atoms with Crippen molar-refractivity contribution in [2.45, 2.75) is 25.6 Å². The molecular formula is C15H18N4O2. The summed E-state index contributed by atoms with van der Waals surface area (Å²) in [5, 5.41) is 10.3. The fraction of sp³-hybridized carbons (Fsp3) is 0.333. The van der Waals surface area contributed by atoms with E-state index in [1.165, 1.54) is 0 Å². The van der Waals surface area contributed by atoms with Gasteiger partial charge in [0.15, 0.2) is 6.10 Å². The van der Waals surface area contributed by atoms with Crippen LogP contribution in [0, 0.1) is 0 Å². The lowest BCUT2D eigenvalue weighted by molar-refractivity contribution is -0.128. The number of carbonyl (C=O) groups excluding carboxylic acids is 1. The molecule has 0 radical (unpaired) electrons. The molecule has 1 aliphatic rings. The predicted octanol–water partition coefficient (Wildman–Crippen LogP) is 1.26.